The lowest BCUT2D eigenvalue weighted by atomic mass is 10.1. The molecule has 3 nitrogen and oxygen atoms in total. The maximum atomic E-state index is 11.4. The van der Waals surface area contributed by atoms with E-state index in [1.54, 1.807) is 6.08 Å². The van der Waals surface area contributed by atoms with Crippen LogP contribution in [0, 0.1) is 5.92 Å². The summed E-state index contributed by atoms with van der Waals surface area (Å²) in [6.07, 6.45) is 2.39. The summed E-state index contributed by atoms with van der Waals surface area (Å²) < 4.78 is 10.1. The Balaban J connectivity index is 3.51. The molecule has 0 aromatic rings. The van der Waals surface area contributed by atoms with E-state index in [-0.39, 0.29) is 17.1 Å². The van der Waals surface area contributed by atoms with Gasteiger partial charge < -0.3 is 9.47 Å². The molecule has 0 aliphatic heterocycles. The SMILES string of the molecule is C=CCOCCOC(=O)C(C)CC(C)S. The van der Waals surface area contributed by atoms with Crippen molar-refractivity contribution in [2.45, 2.75) is 25.5 Å². The van der Waals surface area contributed by atoms with E-state index >= 15 is 0 Å². The second-order valence-corrected chi connectivity index (χ2v) is 4.40. The zero-order valence-corrected chi connectivity index (χ0v) is 10.3. The minimum atomic E-state index is -0.182. The van der Waals surface area contributed by atoms with Crippen molar-refractivity contribution in [3.05, 3.63) is 12.7 Å². The first kappa shape index (κ1) is 14.5. The van der Waals surface area contributed by atoms with E-state index in [1.165, 1.54) is 0 Å². The number of thiol groups is 1. The fourth-order valence-corrected chi connectivity index (χ4v) is 1.43. The molecule has 0 saturated heterocycles. The molecule has 0 rings (SSSR count). The smallest absolute Gasteiger partial charge is 0.308 e. The van der Waals surface area contributed by atoms with Crippen LogP contribution in [0.4, 0.5) is 0 Å². The molecule has 0 aliphatic carbocycles. The molecule has 0 spiro atoms. The van der Waals surface area contributed by atoms with Crippen molar-refractivity contribution in [1.82, 2.24) is 0 Å². The van der Waals surface area contributed by atoms with Gasteiger partial charge in [-0.1, -0.05) is 19.9 Å². The number of hydrogen-bond donors (Lipinski definition) is 1. The molecule has 0 heterocycles. The average Bonchev–Trinajstić information content (AvgIpc) is 2.16. The summed E-state index contributed by atoms with van der Waals surface area (Å²) in [7, 11) is 0. The zero-order chi connectivity index (χ0) is 11.7. The number of carbonyl (C=O) groups is 1. The van der Waals surface area contributed by atoms with Gasteiger partial charge in [-0.25, -0.2) is 0 Å². The molecule has 0 amide bonds. The minimum Gasteiger partial charge on any atom is -0.463 e. The lowest BCUT2D eigenvalue weighted by molar-refractivity contribution is -0.149. The summed E-state index contributed by atoms with van der Waals surface area (Å²) in [6.45, 7) is 8.53. The van der Waals surface area contributed by atoms with Crippen molar-refractivity contribution in [3.63, 3.8) is 0 Å². The summed E-state index contributed by atoms with van der Waals surface area (Å²) >= 11 is 4.23. The molecule has 0 aromatic carbocycles. The van der Waals surface area contributed by atoms with Crippen molar-refractivity contribution >= 4 is 18.6 Å². The molecule has 88 valence electrons. The Hall–Kier alpha value is -0.480. The third-order valence-electron chi connectivity index (χ3n) is 1.80. The molecule has 2 atom stereocenters. The van der Waals surface area contributed by atoms with E-state index in [2.05, 4.69) is 19.2 Å². The summed E-state index contributed by atoms with van der Waals surface area (Å²) in [5.74, 6) is -0.282. The average molecular weight is 232 g/mol. The number of hydrogen-bond acceptors (Lipinski definition) is 4. The van der Waals surface area contributed by atoms with Crippen molar-refractivity contribution in [3.8, 4) is 0 Å². The Morgan fingerprint density at radius 1 is 1.47 bits per heavy atom. The Kier molecular flexibility index (Phi) is 8.52. The normalized spacial score (nSPS) is 14.3. The van der Waals surface area contributed by atoms with E-state index in [0.717, 1.165) is 6.42 Å². The molecule has 2 unspecified atom stereocenters. The van der Waals surface area contributed by atoms with Gasteiger partial charge in [0.15, 0.2) is 0 Å². The van der Waals surface area contributed by atoms with Gasteiger partial charge in [0.05, 0.1) is 19.1 Å². The Labute approximate surface area is 97.2 Å². The fourth-order valence-electron chi connectivity index (χ4n) is 1.12. The Bertz CT molecular complexity index is 192. The Morgan fingerprint density at radius 2 is 2.13 bits per heavy atom. The van der Waals surface area contributed by atoms with Crippen LogP contribution in [0.2, 0.25) is 0 Å². The third kappa shape index (κ3) is 8.51. The van der Waals surface area contributed by atoms with Crippen LogP contribution in [-0.2, 0) is 14.3 Å². The third-order valence-corrected chi connectivity index (χ3v) is 2.02. The molecule has 0 saturated carbocycles. The van der Waals surface area contributed by atoms with E-state index in [0.29, 0.717) is 19.8 Å². The van der Waals surface area contributed by atoms with Gasteiger partial charge in [0.1, 0.15) is 6.61 Å². The minimum absolute atomic E-state index is 0.100. The predicted octanol–water partition coefficient (Wildman–Crippen LogP) is 2.08. The van der Waals surface area contributed by atoms with Gasteiger partial charge in [0.25, 0.3) is 0 Å². The van der Waals surface area contributed by atoms with Crippen molar-refractivity contribution in [2.24, 2.45) is 5.92 Å². The number of esters is 1. The van der Waals surface area contributed by atoms with Crippen molar-refractivity contribution < 1.29 is 14.3 Å². The second-order valence-electron chi connectivity index (χ2n) is 3.52. The van der Waals surface area contributed by atoms with Crippen LogP contribution in [0.1, 0.15) is 20.3 Å². The van der Waals surface area contributed by atoms with Gasteiger partial charge in [-0.05, 0) is 11.7 Å². The van der Waals surface area contributed by atoms with Gasteiger partial charge >= 0.3 is 5.97 Å². The molecular weight excluding hydrogens is 212 g/mol. The van der Waals surface area contributed by atoms with E-state index < -0.39 is 0 Å². The topological polar surface area (TPSA) is 35.5 Å². The highest BCUT2D eigenvalue weighted by molar-refractivity contribution is 7.80. The molecule has 0 aliphatic rings. The molecule has 15 heavy (non-hydrogen) atoms. The van der Waals surface area contributed by atoms with Crippen LogP contribution in [0.25, 0.3) is 0 Å². The monoisotopic (exact) mass is 232 g/mol. The quantitative estimate of drug-likeness (QED) is 0.301. The number of rotatable bonds is 8. The lowest BCUT2D eigenvalue weighted by Crippen LogP contribution is -2.19. The van der Waals surface area contributed by atoms with Crippen LogP contribution in [0.3, 0.4) is 0 Å². The van der Waals surface area contributed by atoms with Crippen LogP contribution >= 0.6 is 12.6 Å². The predicted molar refractivity (Wildman–Crippen MR) is 64.2 cm³/mol. The van der Waals surface area contributed by atoms with E-state index in [1.807, 2.05) is 13.8 Å². The molecule has 0 N–H and O–H groups in total. The molecule has 0 fully saturated rings. The van der Waals surface area contributed by atoms with Gasteiger partial charge in [-0.15, -0.1) is 6.58 Å². The fraction of sp³-hybridized carbons (Fsp3) is 0.727. The molecule has 0 bridgehead atoms. The largest absolute Gasteiger partial charge is 0.463 e. The maximum absolute atomic E-state index is 11.4. The summed E-state index contributed by atoms with van der Waals surface area (Å²) in [4.78, 5) is 11.4. The van der Waals surface area contributed by atoms with Crippen molar-refractivity contribution in [2.75, 3.05) is 19.8 Å². The molecule has 4 heteroatoms. The molecule has 0 aromatic heterocycles. The Morgan fingerprint density at radius 3 is 2.67 bits per heavy atom. The van der Waals surface area contributed by atoms with Crippen LogP contribution in [0.5, 0.6) is 0 Å². The summed E-state index contributed by atoms with van der Waals surface area (Å²) in [5, 5.41) is 0.213. The van der Waals surface area contributed by atoms with Gasteiger partial charge in [0, 0.05) is 0 Å². The first-order chi connectivity index (χ1) is 7.07. The van der Waals surface area contributed by atoms with Gasteiger partial charge in [0.2, 0.25) is 0 Å². The molecule has 0 radical (unpaired) electrons. The van der Waals surface area contributed by atoms with Gasteiger partial charge in [-0.3, -0.25) is 4.79 Å². The first-order valence-electron chi connectivity index (χ1n) is 5.11. The highest BCUT2D eigenvalue weighted by Gasteiger charge is 2.15. The maximum Gasteiger partial charge on any atom is 0.308 e. The zero-order valence-electron chi connectivity index (χ0n) is 9.44. The second kappa shape index (κ2) is 8.80. The van der Waals surface area contributed by atoms with E-state index in [9.17, 15) is 4.79 Å². The lowest BCUT2D eigenvalue weighted by Gasteiger charge is -2.12. The summed E-state index contributed by atoms with van der Waals surface area (Å²) in [5.41, 5.74) is 0. The highest BCUT2D eigenvalue weighted by Crippen LogP contribution is 2.11. The van der Waals surface area contributed by atoms with Crippen LogP contribution in [0.15, 0.2) is 12.7 Å². The van der Waals surface area contributed by atoms with Gasteiger partial charge in [-0.2, -0.15) is 12.6 Å². The molecular formula is C11H20O3S. The van der Waals surface area contributed by atoms with Crippen LogP contribution < -0.4 is 0 Å². The first-order valence-corrected chi connectivity index (χ1v) is 5.63. The highest BCUT2D eigenvalue weighted by atomic mass is 32.1. The number of carbonyl (C=O) groups excluding carboxylic acids is 1. The van der Waals surface area contributed by atoms with Crippen LogP contribution in [-0.4, -0.2) is 31.0 Å². The van der Waals surface area contributed by atoms with Crippen molar-refractivity contribution in [1.29, 1.82) is 0 Å². The van der Waals surface area contributed by atoms with E-state index in [4.69, 9.17) is 9.47 Å². The number of ether oxygens (including phenoxy) is 2. The standard InChI is InChI=1S/C11H20O3S/c1-4-5-13-6-7-14-11(12)9(2)8-10(3)15/h4,9-10,15H,1,5-8H2,2-3H3. The summed E-state index contributed by atoms with van der Waals surface area (Å²) in [6, 6.07) is 0.